The fourth-order valence-corrected chi connectivity index (χ4v) is 3.55. The minimum absolute atomic E-state index is 0.0281. The lowest BCUT2D eigenvalue weighted by atomic mass is 9.97. The molecule has 0 aliphatic carbocycles. The largest absolute Gasteiger partial charge is 0.355 e. The lowest BCUT2D eigenvalue weighted by Crippen LogP contribution is -2.45. The first kappa shape index (κ1) is 16.2. The summed E-state index contributed by atoms with van der Waals surface area (Å²) in [4.78, 5) is 29.6. The Morgan fingerprint density at radius 3 is 2.90 bits per heavy atom. The summed E-state index contributed by atoms with van der Waals surface area (Å²) in [5, 5.41) is 3.87. The van der Waals surface area contributed by atoms with Gasteiger partial charge in [0.25, 0.3) is 0 Å². The highest BCUT2D eigenvalue weighted by Gasteiger charge is 2.26. The molecule has 2 amide bonds. The normalized spacial score (nSPS) is 18.6. The minimum atomic E-state index is -0.0933. The van der Waals surface area contributed by atoms with E-state index in [0.29, 0.717) is 23.8 Å². The van der Waals surface area contributed by atoms with Crippen LogP contribution < -0.4 is 5.32 Å². The number of nitrogens with one attached hydrogen (secondary N) is 1. The van der Waals surface area contributed by atoms with Crippen molar-refractivity contribution in [2.75, 3.05) is 19.6 Å². The van der Waals surface area contributed by atoms with Gasteiger partial charge in [-0.05, 0) is 19.8 Å². The molecule has 5 nitrogen and oxygen atoms in total. The highest BCUT2D eigenvalue weighted by atomic mass is 35.5. The zero-order valence-corrected chi connectivity index (χ0v) is 13.9. The number of hydrogen-bond donors (Lipinski definition) is 1. The maximum Gasteiger partial charge on any atom is 0.224 e. The van der Waals surface area contributed by atoms with Crippen molar-refractivity contribution >= 4 is 34.8 Å². The minimum Gasteiger partial charge on any atom is -0.355 e. The van der Waals surface area contributed by atoms with Crippen LogP contribution in [0.3, 0.4) is 0 Å². The van der Waals surface area contributed by atoms with Gasteiger partial charge in [0.2, 0.25) is 11.8 Å². The number of nitrogens with zero attached hydrogens (tertiary/aromatic N) is 2. The highest BCUT2D eigenvalue weighted by Crippen LogP contribution is 2.23. The molecule has 0 aromatic carbocycles. The predicted octanol–water partition coefficient (Wildman–Crippen LogP) is 2.02. The van der Waals surface area contributed by atoms with Crippen molar-refractivity contribution in [3.05, 3.63) is 15.0 Å². The maximum absolute atomic E-state index is 12.1. The molecule has 0 saturated carbocycles. The number of aromatic nitrogens is 1. The molecular weight excluding hydrogens is 310 g/mol. The van der Waals surface area contributed by atoms with Gasteiger partial charge in [-0.25, -0.2) is 4.98 Å². The van der Waals surface area contributed by atoms with Gasteiger partial charge in [-0.2, -0.15) is 0 Å². The fraction of sp³-hybridized carbons (Fsp3) is 0.643. The van der Waals surface area contributed by atoms with Crippen LogP contribution in [0.15, 0.2) is 0 Å². The average Bonchev–Trinajstić information content (AvgIpc) is 2.77. The molecule has 1 N–H and O–H groups in total. The molecule has 1 aromatic heterocycles. The van der Waals surface area contributed by atoms with Gasteiger partial charge in [-0.3, -0.25) is 9.59 Å². The van der Waals surface area contributed by atoms with Crippen LogP contribution in [0.1, 0.15) is 30.5 Å². The molecule has 1 fully saturated rings. The maximum atomic E-state index is 12.1. The van der Waals surface area contributed by atoms with E-state index in [1.165, 1.54) is 11.3 Å². The lowest BCUT2D eigenvalue weighted by molar-refractivity contribution is -0.133. The third-order valence-corrected chi connectivity index (χ3v) is 5.17. The summed E-state index contributed by atoms with van der Waals surface area (Å²) in [6, 6.07) is 0. The van der Waals surface area contributed by atoms with Crippen molar-refractivity contribution in [2.45, 2.75) is 33.1 Å². The number of likely N-dealkylation sites (tertiary alicyclic amines) is 1. The quantitative estimate of drug-likeness (QED) is 0.919. The first-order valence-corrected chi connectivity index (χ1v) is 8.32. The molecule has 21 heavy (non-hydrogen) atoms. The van der Waals surface area contributed by atoms with E-state index in [4.69, 9.17) is 11.6 Å². The second-order valence-corrected chi connectivity index (χ2v) is 7.00. The zero-order chi connectivity index (χ0) is 15.4. The van der Waals surface area contributed by atoms with Crippen LogP contribution in [0.4, 0.5) is 0 Å². The molecule has 1 aliphatic rings. The standard InChI is InChI=1S/C14H20ClN3O2S/c1-9-13(15)21-12(17-9)5-6-16-14(20)11-4-3-7-18(8-11)10(2)19/h11H,3-8H2,1-2H3,(H,16,20)/t11-/m0/s1. The molecule has 0 spiro atoms. The molecule has 2 heterocycles. The van der Waals surface area contributed by atoms with Crippen molar-refractivity contribution in [3.8, 4) is 0 Å². The topological polar surface area (TPSA) is 62.3 Å². The molecule has 0 unspecified atom stereocenters. The Hall–Kier alpha value is -1.14. The van der Waals surface area contributed by atoms with Crippen LogP contribution >= 0.6 is 22.9 Å². The summed E-state index contributed by atoms with van der Waals surface area (Å²) < 4.78 is 0.709. The van der Waals surface area contributed by atoms with Crippen molar-refractivity contribution in [2.24, 2.45) is 5.92 Å². The number of thiazole rings is 1. The Balaban J connectivity index is 1.77. The summed E-state index contributed by atoms with van der Waals surface area (Å²) in [5.41, 5.74) is 0.840. The Labute approximate surface area is 133 Å². The fourth-order valence-electron chi connectivity index (χ4n) is 2.45. The van der Waals surface area contributed by atoms with Crippen molar-refractivity contribution < 1.29 is 9.59 Å². The van der Waals surface area contributed by atoms with E-state index < -0.39 is 0 Å². The van der Waals surface area contributed by atoms with E-state index in [9.17, 15) is 9.59 Å². The van der Waals surface area contributed by atoms with E-state index in [0.717, 1.165) is 30.1 Å². The summed E-state index contributed by atoms with van der Waals surface area (Å²) in [6.45, 7) is 5.27. The number of amides is 2. The number of rotatable bonds is 4. The Kier molecular flexibility index (Phi) is 5.58. The average molecular weight is 330 g/mol. The monoisotopic (exact) mass is 329 g/mol. The van der Waals surface area contributed by atoms with Crippen molar-refractivity contribution in [1.29, 1.82) is 0 Å². The zero-order valence-electron chi connectivity index (χ0n) is 12.3. The molecule has 1 aromatic rings. The van der Waals surface area contributed by atoms with Crippen LogP contribution in [0.25, 0.3) is 0 Å². The molecular formula is C14H20ClN3O2S. The molecule has 0 radical (unpaired) electrons. The van der Waals surface area contributed by atoms with Crippen LogP contribution in [-0.4, -0.2) is 41.3 Å². The van der Waals surface area contributed by atoms with E-state index in [2.05, 4.69) is 10.3 Å². The van der Waals surface area contributed by atoms with Gasteiger partial charge in [0, 0.05) is 33.0 Å². The van der Waals surface area contributed by atoms with Gasteiger partial charge in [-0.1, -0.05) is 11.6 Å². The molecule has 1 saturated heterocycles. The van der Waals surface area contributed by atoms with E-state index in [1.807, 2.05) is 6.92 Å². The van der Waals surface area contributed by atoms with Gasteiger partial charge in [0.1, 0.15) is 4.34 Å². The second-order valence-electron chi connectivity index (χ2n) is 5.31. The molecule has 7 heteroatoms. The van der Waals surface area contributed by atoms with E-state index in [-0.39, 0.29) is 17.7 Å². The molecule has 0 bridgehead atoms. The van der Waals surface area contributed by atoms with Gasteiger partial charge in [0.05, 0.1) is 16.6 Å². The Bertz CT molecular complexity index is 513. The summed E-state index contributed by atoms with van der Waals surface area (Å²) in [7, 11) is 0. The Morgan fingerprint density at radius 2 is 2.29 bits per heavy atom. The first-order chi connectivity index (χ1) is 9.97. The van der Waals surface area contributed by atoms with Crippen LogP contribution in [0.2, 0.25) is 4.34 Å². The molecule has 1 atom stereocenters. The van der Waals surface area contributed by atoms with Crippen molar-refractivity contribution in [3.63, 3.8) is 0 Å². The van der Waals surface area contributed by atoms with E-state index >= 15 is 0 Å². The van der Waals surface area contributed by atoms with Gasteiger partial charge < -0.3 is 10.2 Å². The smallest absolute Gasteiger partial charge is 0.224 e. The second kappa shape index (κ2) is 7.22. The molecule has 1 aliphatic heterocycles. The first-order valence-electron chi connectivity index (χ1n) is 7.12. The lowest BCUT2D eigenvalue weighted by Gasteiger charge is -2.31. The van der Waals surface area contributed by atoms with Crippen molar-refractivity contribution in [1.82, 2.24) is 15.2 Å². The number of aryl methyl sites for hydroxylation is 1. The highest BCUT2D eigenvalue weighted by molar-refractivity contribution is 7.16. The summed E-state index contributed by atoms with van der Waals surface area (Å²) in [6.07, 6.45) is 2.42. The van der Waals surface area contributed by atoms with Crippen LogP contribution in [0, 0.1) is 12.8 Å². The molecule has 116 valence electrons. The third-order valence-electron chi connectivity index (χ3n) is 3.66. The molecule has 2 rings (SSSR count). The van der Waals surface area contributed by atoms with Gasteiger partial charge in [0.15, 0.2) is 0 Å². The number of carbonyl (C=O) groups is 2. The number of halogens is 1. The SMILES string of the molecule is CC(=O)N1CCC[C@H](C(=O)NCCc2nc(C)c(Cl)s2)C1. The Morgan fingerprint density at radius 1 is 1.52 bits per heavy atom. The van der Waals surface area contributed by atoms with Gasteiger partial charge in [-0.15, -0.1) is 11.3 Å². The number of carbonyl (C=O) groups excluding carboxylic acids is 2. The number of piperidine rings is 1. The van der Waals surface area contributed by atoms with Crippen LogP contribution in [-0.2, 0) is 16.0 Å². The summed E-state index contributed by atoms with van der Waals surface area (Å²) >= 11 is 7.43. The summed E-state index contributed by atoms with van der Waals surface area (Å²) in [5.74, 6) is -0.0232. The van der Waals surface area contributed by atoms with Gasteiger partial charge >= 0.3 is 0 Å². The van der Waals surface area contributed by atoms with E-state index in [1.54, 1.807) is 11.8 Å². The third kappa shape index (κ3) is 4.41. The predicted molar refractivity (Wildman–Crippen MR) is 83.6 cm³/mol. The number of hydrogen-bond acceptors (Lipinski definition) is 4. The van der Waals surface area contributed by atoms with Crippen LogP contribution in [0.5, 0.6) is 0 Å².